The predicted molar refractivity (Wildman–Crippen MR) is 189 cm³/mol. The molecule has 1 aromatic carbocycles. The Kier molecular flexibility index (Phi) is 9.83. The quantitative estimate of drug-likeness (QED) is 0.146. The number of terminal acetylenes is 1. The van der Waals surface area contributed by atoms with Crippen LogP contribution < -0.4 is 24.2 Å². The number of benzene rings is 1. The summed E-state index contributed by atoms with van der Waals surface area (Å²) in [5.74, 6) is 7.57. The Morgan fingerprint density at radius 3 is 1.59 bits per heavy atom. The van der Waals surface area contributed by atoms with Gasteiger partial charge in [-0.2, -0.15) is 9.97 Å². The molecule has 10 bridgehead atoms. The second-order valence-electron chi connectivity index (χ2n) is 11.3. The molecule has 0 saturated carbocycles. The molecule has 0 fully saturated rings. The van der Waals surface area contributed by atoms with E-state index in [9.17, 15) is 4.79 Å². The van der Waals surface area contributed by atoms with Gasteiger partial charge in [-0.05, 0) is 55.0 Å². The third-order valence-corrected chi connectivity index (χ3v) is 7.81. The molecule has 5 aromatic rings. The van der Waals surface area contributed by atoms with E-state index in [2.05, 4.69) is 5.92 Å². The van der Waals surface area contributed by atoms with Gasteiger partial charge in [0.05, 0.1) is 0 Å². The summed E-state index contributed by atoms with van der Waals surface area (Å²) in [6.45, 7) is 1.15. The number of ether oxygens (including phenoxy) is 3. The van der Waals surface area contributed by atoms with Crippen molar-refractivity contribution in [2.75, 3.05) is 62.6 Å². The zero-order valence-corrected chi connectivity index (χ0v) is 27.8. The fourth-order valence-electron chi connectivity index (χ4n) is 5.13. The Morgan fingerprint density at radius 2 is 1.14 bits per heavy atom. The normalized spacial score (nSPS) is 12.3. The van der Waals surface area contributed by atoms with Gasteiger partial charge in [-0.25, -0.2) is 9.97 Å². The number of nitrogens with zero attached hydrogens (tertiary/aromatic N) is 8. The van der Waals surface area contributed by atoms with Gasteiger partial charge >= 0.3 is 0 Å². The molecule has 5 heterocycles. The van der Waals surface area contributed by atoms with Gasteiger partial charge < -0.3 is 33.8 Å². The summed E-state index contributed by atoms with van der Waals surface area (Å²) < 4.78 is 17.9. The van der Waals surface area contributed by atoms with Gasteiger partial charge in [0.2, 0.25) is 11.8 Å². The van der Waals surface area contributed by atoms with Crippen molar-refractivity contribution in [2.24, 2.45) is 0 Å². The smallest absolute Gasteiger partial charge is 0.253 e. The van der Waals surface area contributed by atoms with Crippen molar-refractivity contribution in [1.82, 2.24) is 24.8 Å². The predicted octanol–water partition coefficient (Wildman–Crippen LogP) is 6.58. The molecule has 248 valence electrons. The second kappa shape index (κ2) is 14.7. The fraction of sp³-hybridized carbons (Fsp3) is 0.216. The Labute approximate surface area is 285 Å². The van der Waals surface area contributed by atoms with Crippen LogP contribution >= 0.6 is 0 Å². The zero-order chi connectivity index (χ0) is 34.3. The summed E-state index contributed by atoms with van der Waals surface area (Å²) in [5.41, 5.74) is 0.370. The first-order valence-corrected chi connectivity index (χ1v) is 15.7. The summed E-state index contributed by atoms with van der Waals surface area (Å²) >= 11 is 0. The first-order chi connectivity index (χ1) is 23.8. The number of hydrogen-bond donors (Lipinski definition) is 0. The first-order valence-electron chi connectivity index (χ1n) is 15.7. The van der Waals surface area contributed by atoms with Crippen molar-refractivity contribution in [1.29, 1.82) is 0 Å². The Bertz CT molecular complexity index is 1880. The van der Waals surface area contributed by atoms with E-state index in [0.29, 0.717) is 83.3 Å². The van der Waals surface area contributed by atoms with E-state index in [-0.39, 0.29) is 12.5 Å². The maximum atomic E-state index is 13.6. The summed E-state index contributed by atoms with van der Waals surface area (Å²) in [4.78, 5) is 40.2. The monoisotopic (exact) mass is 656 g/mol. The third-order valence-electron chi connectivity index (χ3n) is 7.81. The van der Waals surface area contributed by atoms with E-state index < -0.39 is 0 Å². The van der Waals surface area contributed by atoms with Crippen LogP contribution in [0.4, 0.5) is 34.9 Å². The van der Waals surface area contributed by atoms with Gasteiger partial charge in [0.1, 0.15) is 53.0 Å². The maximum Gasteiger partial charge on any atom is 0.253 e. The van der Waals surface area contributed by atoms with Crippen molar-refractivity contribution >= 4 is 40.8 Å². The lowest BCUT2D eigenvalue weighted by Crippen LogP contribution is -2.28. The highest BCUT2D eigenvalue weighted by molar-refractivity contribution is 5.95. The molecule has 49 heavy (non-hydrogen) atoms. The zero-order valence-electron chi connectivity index (χ0n) is 27.8. The van der Waals surface area contributed by atoms with E-state index in [4.69, 9.17) is 40.6 Å². The molecule has 0 saturated heterocycles. The number of hydrogen-bond acceptors (Lipinski definition) is 11. The van der Waals surface area contributed by atoms with Gasteiger partial charge in [0, 0.05) is 65.1 Å². The Morgan fingerprint density at radius 1 is 0.714 bits per heavy atom. The molecule has 12 heteroatoms. The van der Waals surface area contributed by atoms with Crippen LogP contribution in [0.2, 0.25) is 0 Å². The van der Waals surface area contributed by atoms with Gasteiger partial charge in [0.15, 0.2) is 0 Å². The average Bonchev–Trinajstić information content (AvgIpc) is 3.13. The van der Waals surface area contributed by atoms with Crippen molar-refractivity contribution < 1.29 is 19.0 Å². The molecular formula is C37H36N8O4. The Balaban J connectivity index is 1.41. The minimum absolute atomic E-state index is 0.216. The summed E-state index contributed by atoms with van der Waals surface area (Å²) in [6, 6.07) is 27.5. The highest BCUT2D eigenvalue weighted by atomic mass is 16.5. The average molecular weight is 657 g/mol. The third kappa shape index (κ3) is 7.69. The van der Waals surface area contributed by atoms with Crippen molar-refractivity contribution in [3.63, 3.8) is 0 Å². The number of carbonyl (C=O) groups is 1. The van der Waals surface area contributed by atoms with Gasteiger partial charge in [-0.1, -0.05) is 30.2 Å². The number of anilines is 6. The van der Waals surface area contributed by atoms with Gasteiger partial charge in [-0.15, -0.1) is 6.42 Å². The number of aromatic nitrogens is 4. The van der Waals surface area contributed by atoms with Crippen LogP contribution in [0.3, 0.4) is 0 Å². The molecule has 1 amide bonds. The molecule has 1 aliphatic rings. The van der Waals surface area contributed by atoms with Crippen LogP contribution in [0.5, 0.6) is 23.3 Å². The SMILES string of the molecule is C#CCOCCCN(C)C(=O)c1cc2cc(c1)Oc1cccc(n1)N(C)c1cccc(n1)N(C)c1cccc(n1)N(C)c1cccc(n1)O2. The molecule has 0 aliphatic carbocycles. The summed E-state index contributed by atoms with van der Waals surface area (Å²) in [6.07, 6.45) is 5.89. The molecule has 0 N–H and O–H groups in total. The standard InChI is InChI=1S/C37H36N8O4/c1-6-21-47-22-11-20-42(2)37(46)26-23-27-25-28(24-26)49-36-19-10-17-34(41-36)45(5)32-15-8-13-30(39-32)43(3)29-12-7-14-31(38-29)44(4)33-16-9-18-35(40-33)48-27/h1,7-10,12-19,23-25H,11,20-22H2,2-5H3. The van der Waals surface area contributed by atoms with E-state index in [1.54, 1.807) is 42.3 Å². The fourth-order valence-corrected chi connectivity index (χ4v) is 5.13. The van der Waals surface area contributed by atoms with Crippen LogP contribution in [0.15, 0.2) is 91.0 Å². The summed E-state index contributed by atoms with van der Waals surface area (Å²) in [7, 11) is 7.43. The van der Waals surface area contributed by atoms with Crippen LogP contribution in [0.25, 0.3) is 0 Å². The highest BCUT2D eigenvalue weighted by Crippen LogP contribution is 2.33. The lowest BCUT2D eigenvalue weighted by Gasteiger charge is -2.23. The lowest BCUT2D eigenvalue weighted by molar-refractivity contribution is 0.0773. The maximum absolute atomic E-state index is 13.6. The number of rotatable bonds is 6. The van der Waals surface area contributed by atoms with E-state index in [1.165, 1.54) is 0 Å². The minimum Gasteiger partial charge on any atom is -0.439 e. The topological polar surface area (TPSA) is 109 Å². The molecule has 6 rings (SSSR count). The molecule has 0 radical (unpaired) electrons. The number of fused-ring (bicyclic) bond motifs is 10. The molecule has 0 spiro atoms. The largest absolute Gasteiger partial charge is 0.439 e. The van der Waals surface area contributed by atoms with E-state index >= 15 is 0 Å². The van der Waals surface area contributed by atoms with Gasteiger partial charge in [-0.3, -0.25) is 4.79 Å². The molecular weight excluding hydrogens is 620 g/mol. The molecule has 0 atom stereocenters. The van der Waals surface area contributed by atoms with Crippen molar-refractivity contribution in [2.45, 2.75) is 6.42 Å². The number of amides is 1. The minimum atomic E-state index is -0.216. The number of carbonyl (C=O) groups excluding carboxylic acids is 1. The highest BCUT2D eigenvalue weighted by Gasteiger charge is 2.18. The van der Waals surface area contributed by atoms with Crippen molar-refractivity contribution in [3.8, 4) is 35.6 Å². The Hall–Kier alpha value is -6.19. The van der Waals surface area contributed by atoms with E-state index in [0.717, 1.165) is 0 Å². The summed E-state index contributed by atoms with van der Waals surface area (Å²) in [5, 5.41) is 0. The van der Waals surface area contributed by atoms with Crippen LogP contribution in [-0.4, -0.2) is 78.7 Å². The van der Waals surface area contributed by atoms with Crippen LogP contribution in [0, 0.1) is 12.3 Å². The molecule has 4 aromatic heterocycles. The molecule has 12 nitrogen and oxygen atoms in total. The van der Waals surface area contributed by atoms with E-state index in [1.807, 2.05) is 96.5 Å². The van der Waals surface area contributed by atoms with Crippen LogP contribution in [-0.2, 0) is 4.74 Å². The molecule has 1 aliphatic heterocycles. The second-order valence-corrected chi connectivity index (χ2v) is 11.3. The number of pyridine rings is 4. The lowest BCUT2D eigenvalue weighted by atomic mass is 10.1. The van der Waals surface area contributed by atoms with Crippen LogP contribution in [0.1, 0.15) is 16.8 Å². The first kappa shape index (κ1) is 32.7. The van der Waals surface area contributed by atoms with Gasteiger partial charge in [0.25, 0.3) is 5.91 Å². The molecule has 0 unspecified atom stereocenters. The van der Waals surface area contributed by atoms with Crippen molar-refractivity contribution in [3.05, 3.63) is 96.6 Å².